The first kappa shape index (κ1) is 16.6. The third kappa shape index (κ3) is 3.32. The minimum Gasteiger partial charge on any atom is -0.463 e. The molecule has 1 aliphatic heterocycles. The average molecular weight is 366 g/mol. The highest BCUT2D eigenvalue weighted by Gasteiger charge is 2.29. The summed E-state index contributed by atoms with van der Waals surface area (Å²) in [5, 5.41) is 5.65. The molecule has 8 heteroatoms. The molecule has 0 aliphatic carbocycles. The van der Waals surface area contributed by atoms with Crippen molar-refractivity contribution >= 4 is 34.7 Å². The number of esters is 1. The molecule has 0 unspecified atom stereocenters. The van der Waals surface area contributed by atoms with E-state index in [1.54, 1.807) is 13.1 Å². The van der Waals surface area contributed by atoms with Crippen LogP contribution in [0.25, 0.3) is 0 Å². The van der Waals surface area contributed by atoms with Gasteiger partial charge in [-0.25, -0.2) is 14.2 Å². The van der Waals surface area contributed by atoms with Crippen LogP contribution in [0.4, 0.5) is 4.39 Å². The maximum Gasteiger partial charge on any atom is 0.338 e. The Morgan fingerprint density at radius 3 is 3.00 bits per heavy atom. The Balaban J connectivity index is 2.04. The van der Waals surface area contributed by atoms with Crippen LogP contribution in [0, 0.1) is 5.82 Å². The van der Waals surface area contributed by atoms with Crippen molar-refractivity contribution in [2.24, 2.45) is 4.99 Å². The molecule has 1 aromatic carbocycles. The van der Waals surface area contributed by atoms with Crippen LogP contribution in [-0.4, -0.2) is 23.4 Å². The predicted molar refractivity (Wildman–Crippen MR) is 90.7 cm³/mol. The van der Waals surface area contributed by atoms with Crippen LogP contribution in [-0.2, 0) is 9.53 Å². The number of carbonyl (C=O) groups is 1. The number of rotatable bonds is 4. The number of hydrogen-bond donors (Lipinski definition) is 1. The van der Waals surface area contributed by atoms with Gasteiger partial charge in [-0.1, -0.05) is 17.7 Å². The van der Waals surface area contributed by atoms with Gasteiger partial charge in [-0.2, -0.15) is 0 Å². The molecule has 0 saturated heterocycles. The van der Waals surface area contributed by atoms with Crippen LogP contribution in [0.1, 0.15) is 23.5 Å². The number of aromatic nitrogens is 1. The lowest BCUT2D eigenvalue weighted by molar-refractivity contribution is -0.138. The Bertz CT molecular complexity index is 821. The lowest BCUT2D eigenvalue weighted by atomic mass is 9.98. The predicted octanol–water partition coefficient (Wildman–Crippen LogP) is 3.47. The van der Waals surface area contributed by atoms with E-state index in [1.807, 2.05) is 5.38 Å². The van der Waals surface area contributed by atoms with E-state index in [2.05, 4.69) is 15.3 Å². The van der Waals surface area contributed by atoms with E-state index in [-0.39, 0.29) is 11.6 Å². The van der Waals surface area contributed by atoms with E-state index in [9.17, 15) is 9.18 Å². The molecule has 24 heavy (non-hydrogen) atoms. The van der Waals surface area contributed by atoms with Gasteiger partial charge in [0.15, 0.2) is 10.8 Å². The summed E-state index contributed by atoms with van der Waals surface area (Å²) in [5.74, 6) is -0.441. The molecule has 1 aliphatic rings. The molecule has 0 radical (unpaired) electrons. The number of amidine groups is 1. The maximum absolute atomic E-state index is 13.3. The Hall–Kier alpha value is -2.25. The highest BCUT2D eigenvalue weighted by Crippen LogP contribution is 2.34. The maximum atomic E-state index is 13.3. The second kappa shape index (κ2) is 7.11. The number of nitrogens with zero attached hydrogens (tertiary/aromatic N) is 2. The zero-order valence-corrected chi connectivity index (χ0v) is 14.2. The fourth-order valence-electron chi connectivity index (χ4n) is 2.26. The molecule has 2 heterocycles. The monoisotopic (exact) mass is 365 g/mol. The Kier molecular flexibility index (Phi) is 4.92. The first-order valence-electron chi connectivity index (χ1n) is 7.16. The van der Waals surface area contributed by atoms with E-state index >= 15 is 0 Å². The van der Waals surface area contributed by atoms with Crippen LogP contribution in [0.2, 0.25) is 5.02 Å². The van der Waals surface area contributed by atoms with E-state index < -0.39 is 17.8 Å². The minimum absolute atomic E-state index is 0.194. The molecule has 1 atom stereocenters. The molecular formula is C16H13ClFN3O2S. The molecule has 1 N–H and O–H groups in total. The van der Waals surface area contributed by atoms with Crippen LogP contribution < -0.4 is 5.32 Å². The van der Waals surface area contributed by atoms with Crippen molar-refractivity contribution < 1.29 is 13.9 Å². The highest BCUT2D eigenvalue weighted by atomic mass is 35.5. The molecule has 0 fully saturated rings. The normalized spacial score (nSPS) is 16.9. The summed E-state index contributed by atoms with van der Waals surface area (Å²) in [7, 11) is 0. The second-order valence-electron chi connectivity index (χ2n) is 4.85. The van der Waals surface area contributed by atoms with E-state index in [1.165, 1.54) is 35.7 Å². The number of benzene rings is 1. The van der Waals surface area contributed by atoms with Crippen molar-refractivity contribution in [2.75, 3.05) is 6.61 Å². The first-order chi connectivity index (χ1) is 11.6. The van der Waals surface area contributed by atoms with E-state index in [0.717, 1.165) is 0 Å². The summed E-state index contributed by atoms with van der Waals surface area (Å²) in [5.41, 5.74) is 0.818. The van der Waals surface area contributed by atoms with Gasteiger partial charge in [0.05, 0.1) is 12.2 Å². The Morgan fingerprint density at radius 2 is 2.33 bits per heavy atom. The third-order valence-corrected chi connectivity index (χ3v) is 4.43. The van der Waals surface area contributed by atoms with Crippen LogP contribution in [0.3, 0.4) is 0 Å². The average Bonchev–Trinajstić information content (AvgIpc) is 3.09. The van der Waals surface area contributed by atoms with Crippen molar-refractivity contribution in [2.45, 2.75) is 13.0 Å². The molecule has 2 aromatic rings. The number of ether oxygens (including phenoxy) is 1. The standard InChI is InChI=1S/C16H13ClFN3O2S/c1-2-23-16(22)11-8-20-14(15-19-5-6-24-15)21-13(11)10-4-3-9(18)7-12(10)17/h3-8,13H,2H2,1H3,(H,20,21)/t13-/m0/s1. The van der Waals surface area contributed by atoms with Gasteiger partial charge in [-0.15, -0.1) is 11.3 Å². The molecule has 0 saturated carbocycles. The van der Waals surface area contributed by atoms with Gasteiger partial charge >= 0.3 is 5.97 Å². The number of thiazole rings is 1. The molecule has 124 valence electrons. The van der Waals surface area contributed by atoms with E-state index in [4.69, 9.17) is 16.3 Å². The summed E-state index contributed by atoms with van der Waals surface area (Å²) >= 11 is 7.57. The fourth-order valence-corrected chi connectivity index (χ4v) is 3.13. The third-order valence-electron chi connectivity index (χ3n) is 3.32. The van der Waals surface area contributed by atoms with E-state index in [0.29, 0.717) is 22.0 Å². The summed E-state index contributed by atoms with van der Waals surface area (Å²) in [6.45, 7) is 1.96. The molecule has 1 aromatic heterocycles. The van der Waals surface area contributed by atoms with Crippen molar-refractivity contribution in [3.05, 3.63) is 63.0 Å². The van der Waals surface area contributed by atoms with Crippen molar-refractivity contribution in [3.8, 4) is 0 Å². The number of aliphatic imine (C=N–C) groups is 1. The number of halogens is 2. The zero-order valence-electron chi connectivity index (χ0n) is 12.6. The lowest BCUT2D eigenvalue weighted by Gasteiger charge is -2.22. The number of hydrogen-bond acceptors (Lipinski definition) is 6. The summed E-state index contributed by atoms with van der Waals surface area (Å²) < 4.78 is 18.4. The van der Waals surface area contributed by atoms with Gasteiger partial charge in [0.1, 0.15) is 11.9 Å². The smallest absolute Gasteiger partial charge is 0.338 e. The van der Waals surface area contributed by atoms with Crippen molar-refractivity contribution in [1.82, 2.24) is 10.3 Å². The largest absolute Gasteiger partial charge is 0.463 e. The number of carbonyl (C=O) groups excluding carboxylic acids is 1. The highest BCUT2D eigenvalue weighted by molar-refractivity contribution is 7.11. The summed E-state index contributed by atoms with van der Waals surface area (Å²) in [4.78, 5) is 21.0. The van der Waals surface area contributed by atoms with Gasteiger partial charge in [0.25, 0.3) is 0 Å². The zero-order chi connectivity index (χ0) is 17.1. The van der Waals surface area contributed by atoms with Gasteiger partial charge in [0, 0.05) is 28.4 Å². The minimum atomic E-state index is -0.697. The molecule has 5 nitrogen and oxygen atoms in total. The van der Waals surface area contributed by atoms with Crippen LogP contribution in [0.5, 0.6) is 0 Å². The Morgan fingerprint density at radius 1 is 1.50 bits per heavy atom. The Labute approximate surface area is 146 Å². The molecule has 0 bridgehead atoms. The van der Waals surface area contributed by atoms with Crippen molar-refractivity contribution in [1.29, 1.82) is 0 Å². The molecule has 0 amide bonds. The lowest BCUT2D eigenvalue weighted by Crippen LogP contribution is -2.29. The quantitative estimate of drug-likeness (QED) is 0.842. The van der Waals surface area contributed by atoms with Gasteiger partial charge in [-0.3, -0.25) is 4.99 Å². The van der Waals surface area contributed by atoms with Gasteiger partial charge in [-0.05, 0) is 19.1 Å². The van der Waals surface area contributed by atoms with Crippen molar-refractivity contribution in [3.63, 3.8) is 0 Å². The fraction of sp³-hybridized carbons (Fsp3) is 0.188. The van der Waals surface area contributed by atoms with Crippen LogP contribution >= 0.6 is 22.9 Å². The number of nitrogens with one attached hydrogen (secondary N) is 1. The van der Waals surface area contributed by atoms with Gasteiger partial charge in [0.2, 0.25) is 0 Å². The topological polar surface area (TPSA) is 63.6 Å². The van der Waals surface area contributed by atoms with Crippen LogP contribution in [0.15, 0.2) is 46.5 Å². The molecule has 0 spiro atoms. The summed E-state index contributed by atoms with van der Waals surface area (Å²) in [6, 6.07) is 3.30. The molecule has 3 rings (SSSR count). The van der Waals surface area contributed by atoms with Gasteiger partial charge < -0.3 is 10.1 Å². The SMILES string of the molecule is CCOC(=O)C1=CNC(c2nccs2)=N[C@H]1c1ccc(F)cc1Cl. The summed E-state index contributed by atoms with van der Waals surface area (Å²) in [6.07, 6.45) is 3.20. The second-order valence-corrected chi connectivity index (χ2v) is 6.15. The molecular weight excluding hydrogens is 353 g/mol. The first-order valence-corrected chi connectivity index (χ1v) is 8.42.